The molecule has 0 spiro atoms. The van der Waals surface area contributed by atoms with Crippen LogP contribution in [0.4, 0.5) is 4.39 Å². The van der Waals surface area contributed by atoms with Crippen molar-refractivity contribution in [3.05, 3.63) is 68.9 Å². The monoisotopic (exact) mass is 438 g/mol. The van der Waals surface area contributed by atoms with Gasteiger partial charge in [-0.15, -0.1) is 0 Å². The van der Waals surface area contributed by atoms with E-state index in [1.807, 2.05) is 12.1 Å². The molecule has 0 aliphatic carbocycles. The summed E-state index contributed by atoms with van der Waals surface area (Å²) in [7, 11) is 0. The summed E-state index contributed by atoms with van der Waals surface area (Å²) >= 11 is 9.34. The topological polar surface area (TPSA) is 49.4 Å². The van der Waals surface area contributed by atoms with E-state index in [-0.39, 0.29) is 22.5 Å². The van der Waals surface area contributed by atoms with Crippen LogP contribution in [0.1, 0.15) is 33.6 Å². The number of carbonyl (C=O) groups is 2. The smallest absolute Gasteiger partial charge is 0.258 e. The highest BCUT2D eigenvalue weighted by molar-refractivity contribution is 9.10. The second-order valence-electron chi connectivity index (χ2n) is 6.12. The molecule has 2 amide bonds. The Kier molecular flexibility index (Phi) is 5.94. The van der Waals surface area contributed by atoms with Crippen LogP contribution >= 0.6 is 27.5 Å². The van der Waals surface area contributed by atoms with Gasteiger partial charge in [0.05, 0.1) is 16.1 Å². The normalized spacial score (nSPS) is 15.0. The van der Waals surface area contributed by atoms with Crippen LogP contribution < -0.4 is 5.32 Å². The van der Waals surface area contributed by atoms with Gasteiger partial charge in [0, 0.05) is 23.6 Å². The van der Waals surface area contributed by atoms with Crippen LogP contribution in [0.15, 0.2) is 46.9 Å². The predicted molar refractivity (Wildman–Crippen MR) is 102 cm³/mol. The molecule has 4 nitrogen and oxygen atoms in total. The number of hydrogen-bond donors (Lipinski definition) is 1. The van der Waals surface area contributed by atoms with E-state index < -0.39 is 11.7 Å². The Morgan fingerprint density at radius 2 is 1.81 bits per heavy atom. The maximum absolute atomic E-state index is 13.9. The number of likely N-dealkylation sites (tertiary alicyclic amines) is 1. The van der Waals surface area contributed by atoms with Crippen molar-refractivity contribution in [2.45, 2.75) is 18.9 Å². The Balaban J connectivity index is 1.60. The second kappa shape index (κ2) is 8.18. The van der Waals surface area contributed by atoms with E-state index in [1.165, 1.54) is 18.2 Å². The summed E-state index contributed by atoms with van der Waals surface area (Å²) < 4.78 is 14.7. The Morgan fingerprint density at radius 1 is 1.12 bits per heavy atom. The minimum Gasteiger partial charge on any atom is -0.349 e. The minimum absolute atomic E-state index is 0.0326. The lowest BCUT2D eigenvalue weighted by Crippen LogP contribution is -2.46. The fourth-order valence-electron chi connectivity index (χ4n) is 3.00. The molecule has 0 aromatic heterocycles. The van der Waals surface area contributed by atoms with Gasteiger partial charge in [-0.1, -0.05) is 29.8 Å². The highest BCUT2D eigenvalue weighted by atomic mass is 79.9. The summed E-state index contributed by atoms with van der Waals surface area (Å²) in [5, 5.41) is 3.10. The molecule has 26 heavy (non-hydrogen) atoms. The Hall–Kier alpha value is -1.92. The number of amides is 2. The quantitative estimate of drug-likeness (QED) is 0.776. The van der Waals surface area contributed by atoms with E-state index in [1.54, 1.807) is 17.0 Å². The number of benzene rings is 2. The molecule has 1 heterocycles. The fraction of sp³-hybridized carbons (Fsp3) is 0.263. The molecule has 0 saturated carbocycles. The molecule has 1 aliphatic heterocycles. The highest BCUT2D eigenvalue weighted by Gasteiger charge is 2.27. The van der Waals surface area contributed by atoms with Crippen LogP contribution in [0.3, 0.4) is 0 Å². The summed E-state index contributed by atoms with van der Waals surface area (Å²) in [4.78, 5) is 26.5. The van der Waals surface area contributed by atoms with Crippen molar-refractivity contribution in [3.63, 3.8) is 0 Å². The molecule has 7 heteroatoms. The number of piperidine rings is 1. The van der Waals surface area contributed by atoms with Gasteiger partial charge in [-0.3, -0.25) is 9.59 Å². The molecule has 0 unspecified atom stereocenters. The van der Waals surface area contributed by atoms with Gasteiger partial charge in [0.25, 0.3) is 11.8 Å². The fourth-order valence-corrected chi connectivity index (χ4v) is 3.70. The summed E-state index contributed by atoms with van der Waals surface area (Å²) in [6, 6.07) is 11.4. The Morgan fingerprint density at radius 3 is 2.46 bits per heavy atom. The maximum atomic E-state index is 13.9. The van der Waals surface area contributed by atoms with Crippen LogP contribution in [0.5, 0.6) is 0 Å². The first kappa shape index (κ1) is 18.9. The average molecular weight is 440 g/mol. The van der Waals surface area contributed by atoms with Gasteiger partial charge < -0.3 is 10.2 Å². The van der Waals surface area contributed by atoms with Gasteiger partial charge in [0.15, 0.2) is 0 Å². The van der Waals surface area contributed by atoms with Gasteiger partial charge in [-0.2, -0.15) is 0 Å². The highest BCUT2D eigenvalue weighted by Crippen LogP contribution is 2.23. The summed E-state index contributed by atoms with van der Waals surface area (Å²) in [6.45, 7) is 0.870. The van der Waals surface area contributed by atoms with Crippen LogP contribution in [0, 0.1) is 5.82 Å². The lowest BCUT2D eigenvalue weighted by Gasteiger charge is -2.32. The van der Waals surface area contributed by atoms with Crippen LogP contribution in [-0.2, 0) is 0 Å². The molecule has 1 N–H and O–H groups in total. The predicted octanol–water partition coefficient (Wildman–Crippen LogP) is 4.28. The largest absolute Gasteiger partial charge is 0.349 e. The van der Waals surface area contributed by atoms with E-state index in [4.69, 9.17) is 11.6 Å². The molecule has 0 atom stereocenters. The SMILES string of the molecule is O=C(NC1CCN(C(=O)c2c(F)cccc2Cl)CC1)c1ccccc1Br. The van der Waals surface area contributed by atoms with Crippen LogP contribution in [0.25, 0.3) is 0 Å². The zero-order chi connectivity index (χ0) is 18.7. The summed E-state index contributed by atoms with van der Waals surface area (Å²) in [5.41, 5.74) is 0.481. The molecular weight excluding hydrogens is 423 g/mol. The van der Waals surface area contributed by atoms with E-state index in [0.29, 0.717) is 31.5 Å². The lowest BCUT2D eigenvalue weighted by molar-refractivity contribution is 0.0694. The first-order chi connectivity index (χ1) is 12.5. The minimum atomic E-state index is -0.619. The van der Waals surface area contributed by atoms with Crippen molar-refractivity contribution in [2.24, 2.45) is 0 Å². The molecular formula is C19H17BrClFN2O2. The van der Waals surface area contributed by atoms with Gasteiger partial charge in [0.1, 0.15) is 5.82 Å². The number of nitrogens with one attached hydrogen (secondary N) is 1. The van der Waals surface area contributed by atoms with Crippen molar-refractivity contribution in [1.82, 2.24) is 10.2 Å². The van der Waals surface area contributed by atoms with Crippen molar-refractivity contribution in [1.29, 1.82) is 0 Å². The molecule has 136 valence electrons. The Bertz CT molecular complexity index is 818. The molecule has 0 bridgehead atoms. The van der Waals surface area contributed by atoms with Gasteiger partial charge in [0.2, 0.25) is 0 Å². The Labute approximate surface area is 164 Å². The van der Waals surface area contributed by atoms with Crippen LogP contribution in [0.2, 0.25) is 5.02 Å². The van der Waals surface area contributed by atoms with E-state index in [9.17, 15) is 14.0 Å². The van der Waals surface area contributed by atoms with E-state index in [0.717, 1.165) is 4.47 Å². The number of carbonyl (C=O) groups excluding carboxylic acids is 2. The van der Waals surface area contributed by atoms with Crippen molar-refractivity contribution in [3.8, 4) is 0 Å². The number of halogens is 3. The van der Waals surface area contributed by atoms with E-state index in [2.05, 4.69) is 21.2 Å². The number of rotatable bonds is 3. The third-order valence-electron chi connectivity index (χ3n) is 4.41. The third kappa shape index (κ3) is 4.07. The molecule has 3 rings (SSSR count). The molecule has 0 radical (unpaired) electrons. The van der Waals surface area contributed by atoms with Gasteiger partial charge in [-0.05, 0) is 53.0 Å². The number of hydrogen-bond acceptors (Lipinski definition) is 2. The molecule has 1 saturated heterocycles. The molecule has 1 fully saturated rings. The van der Waals surface area contributed by atoms with Crippen LogP contribution in [-0.4, -0.2) is 35.8 Å². The lowest BCUT2D eigenvalue weighted by atomic mass is 10.0. The standard InChI is InChI=1S/C19H17BrClFN2O2/c20-14-5-2-1-4-13(14)18(25)23-12-8-10-24(11-9-12)19(26)17-15(21)6-3-7-16(17)22/h1-7,12H,8-11H2,(H,23,25). The third-order valence-corrected chi connectivity index (χ3v) is 5.42. The van der Waals surface area contributed by atoms with Crippen molar-refractivity contribution >= 4 is 39.3 Å². The van der Waals surface area contributed by atoms with Crippen molar-refractivity contribution in [2.75, 3.05) is 13.1 Å². The zero-order valence-electron chi connectivity index (χ0n) is 13.8. The number of nitrogens with zero attached hydrogens (tertiary/aromatic N) is 1. The molecule has 1 aliphatic rings. The first-order valence-electron chi connectivity index (χ1n) is 8.26. The second-order valence-corrected chi connectivity index (χ2v) is 7.38. The molecule has 2 aromatic rings. The van der Waals surface area contributed by atoms with Crippen molar-refractivity contribution < 1.29 is 14.0 Å². The summed E-state index contributed by atoms with van der Waals surface area (Å²) in [5.74, 6) is -1.19. The van der Waals surface area contributed by atoms with E-state index >= 15 is 0 Å². The zero-order valence-corrected chi connectivity index (χ0v) is 16.2. The molecule has 2 aromatic carbocycles. The average Bonchev–Trinajstić information content (AvgIpc) is 2.62. The summed E-state index contributed by atoms with van der Waals surface area (Å²) in [6.07, 6.45) is 1.21. The maximum Gasteiger partial charge on any atom is 0.258 e. The first-order valence-corrected chi connectivity index (χ1v) is 9.43. The van der Waals surface area contributed by atoms with Gasteiger partial charge in [-0.25, -0.2) is 4.39 Å². The van der Waals surface area contributed by atoms with Gasteiger partial charge >= 0.3 is 0 Å².